The summed E-state index contributed by atoms with van der Waals surface area (Å²) in [6.07, 6.45) is 42.1. The monoisotopic (exact) mass is 856 g/mol. The third-order valence-corrected chi connectivity index (χ3v) is 10.9. The van der Waals surface area contributed by atoms with Crippen LogP contribution in [0.2, 0.25) is 0 Å². The van der Waals surface area contributed by atoms with Crippen molar-refractivity contribution >= 4 is 19.8 Å². The van der Waals surface area contributed by atoms with Crippen LogP contribution in [0.5, 0.6) is 0 Å². The molecular formula is C47H86NO10P. The average molecular weight is 856 g/mol. The molecule has 5 N–H and O–H groups in total. The maximum atomic E-state index is 12.6. The van der Waals surface area contributed by atoms with E-state index in [0.717, 1.165) is 44.9 Å². The van der Waals surface area contributed by atoms with E-state index in [2.05, 4.69) is 13.8 Å². The second kappa shape index (κ2) is 42.6. The number of carbonyl (C=O) groups excluding carboxylic acids is 2. The molecule has 11 nitrogen and oxygen atoms in total. The molecular weight excluding hydrogens is 769 g/mol. The van der Waals surface area contributed by atoms with Gasteiger partial charge in [0.05, 0.1) is 25.4 Å². The van der Waals surface area contributed by atoms with Crippen molar-refractivity contribution in [2.75, 3.05) is 26.4 Å². The zero-order chi connectivity index (χ0) is 43.5. The first-order chi connectivity index (χ1) is 28.6. The lowest BCUT2D eigenvalue weighted by Gasteiger charge is -2.20. The molecule has 0 aromatic rings. The molecule has 0 saturated heterocycles. The number of allylic oxidation sites excluding steroid dienone is 6. The number of aliphatic hydroxyl groups excluding tert-OH is 2. The molecule has 0 radical (unpaired) electrons. The summed E-state index contributed by atoms with van der Waals surface area (Å²) in [6.45, 7) is 3.38. The Kier molecular flexibility index (Phi) is 41.1. The molecule has 344 valence electrons. The first kappa shape index (κ1) is 56.9. The number of carbonyl (C=O) groups is 2. The van der Waals surface area contributed by atoms with E-state index in [-0.39, 0.29) is 32.6 Å². The van der Waals surface area contributed by atoms with Gasteiger partial charge in [0.2, 0.25) is 0 Å². The Morgan fingerprint density at radius 3 is 1.51 bits per heavy atom. The highest BCUT2D eigenvalue weighted by atomic mass is 31.2. The van der Waals surface area contributed by atoms with Gasteiger partial charge >= 0.3 is 19.8 Å². The summed E-state index contributed by atoms with van der Waals surface area (Å²) < 4.78 is 32.7. The van der Waals surface area contributed by atoms with Gasteiger partial charge in [0, 0.05) is 19.4 Å². The molecule has 0 aliphatic carbocycles. The van der Waals surface area contributed by atoms with Gasteiger partial charge in [-0.15, -0.1) is 0 Å². The minimum Gasteiger partial charge on any atom is -0.462 e. The first-order valence-electron chi connectivity index (χ1n) is 23.3. The van der Waals surface area contributed by atoms with Crippen molar-refractivity contribution in [2.24, 2.45) is 5.73 Å². The van der Waals surface area contributed by atoms with Crippen molar-refractivity contribution < 1.29 is 47.8 Å². The second-order valence-corrected chi connectivity index (χ2v) is 17.1. The van der Waals surface area contributed by atoms with Gasteiger partial charge < -0.3 is 30.3 Å². The van der Waals surface area contributed by atoms with Crippen LogP contribution in [0.4, 0.5) is 0 Å². The summed E-state index contributed by atoms with van der Waals surface area (Å²) >= 11 is 0. The van der Waals surface area contributed by atoms with Gasteiger partial charge in [-0.25, -0.2) is 4.57 Å². The molecule has 0 bridgehead atoms. The van der Waals surface area contributed by atoms with Crippen LogP contribution >= 0.6 is 7.82 Å². The zero-order valence-corrected chi connectivity index (χ0v) is 38.1. The van der Waals surface area contributed by atoms with E-state index in [9.17, 15) is 29.3 Å². The Morgan fingerprint density at radius 2 is 1.02 bits per heavy atom. The van der Waals surface area contributed by atoms with Gasteiger partial charge in [-0.05, 0) is 32.1 Å². The van der Waals surface area contributed by atoms with Crippen LogP contribution < -0.4 is 5.73 Å². The Balaban J connectivity index is 4.31. The van der Waals surface area contributed by atoms with Crippen LogP contribution in [0.15, 0.2) is 48.6 Å². The Bertz CT molecular complexity index is 1140. The normalized spacial score (nSPS) is 14.7. The molecule has 0 aromatic heterocycles. The molecule has 0 heterocycles. The number of phosphoric acid groups is 1. The number of unbranched alkanes of at least 4 members (excludes halogenated alkanes) is 20. The Hall–Kier alpha value is -2.11. The van der Waals surface area contributed by atoms with E-state index in [1.807, 2.05) is 30.4 Å². The van der Waals surface area contributed by atoms with Crippen molar-refractivity contribution in [1.29, 1.82) is 0 Å². The second-order valence-electron chi connectivity index (χ2n) is 15.7. The fraction of sp³-hybridized carbons (Fsp3) is 0.787. The topological polar surface area (TPSA) is 175 Å². The van der Waals surface area contributed by atoms with Gasteiger partial charge in [-0.1, -0.05) is 197 Å². The smallest absolute Gasteiger partial charge is 0.462 e. The fourth-order valence-corrected chi connectivity index (χ4v) is 7.14. The van der Waals surface area contributed by atoms with Gasteiger partial charge in [-0.3, -0.25) is 18.6 Å². The third kappa shape index (κ3) is 42.4. The van der Waals surface area contributed by atoms with E-state index < -0.39 is 44.7 Å². The minimum atomic E-state index is -4.44. The number of esters is 2. The van der Waals surface area contributed by atoms with Crippen LogP contribution in [0, 0.1) is 0 Å². The number of ether oxygens (including phenoxy) is 2. The maximum absolute atomic E-state index is 12.6. The molecule has 0 spiro atoms. The zero-order valence-electron chi connectivity index (χ0n) is 37.2. The lowest BCUT2D eigenvalue weighted by molar-refractivity contribution is -0.161. The van der Waals surface area contributed by atoms with Crippen molar-refractivity contribution in [3.05, 3.63) is 48.6 Å². The van der Waals surface area contributed by atoms with Crippen molar-refractivity contribution in [3.63, 3.8) is 0 Å². The highest BCUT2D eigenvalue weighted by Gasteiger charge is 2.26. The van der Waals surface area contributed by atoms with E-state index in [0.29, 0.717) is 25.7 Å². The number of aliphatic hydroxyl groups is 2. The molecule has 59 heavy (non-hydrogen) atoms. The summed E-state index contributed by atoms with van der Waals surface area (Å²) in [6, 6.07) is 0. The van der Waals surface area contributed by atoms with Gasteiger partial charge in [-0.2, -0.15) is 0 Å². The molecule has 0 amide bonds. The Morgan fingerprint density at radius 1 is 0.576 bits per heavy atom. The quantitative estimate of drug-likeness (QED) is 0.0199. The van der Waals surface area contributed by atoms with Gasteiger partial charge in [0.1, 0.15) is 6.61 Å². The lowest BCUT2D eigenvalue weighted by Crippen LogP contribution is -2.29. The first-order valence-corrected chi connectivity index (χ1v) is 24.8. The SMILES string of the molecule is CCCCCCCCCCCCCCCCCCCCCC(=O)OC[C@H](COP(=O)(O)OCCN)OC(=O)CCC[C@H](O)/C=C/C=C\C/C=C\C=C\[C@H](O)CCCCC. The maximum Gasteiger partial charge on any atom is 0.472 e. The summed E-state index contributed by atoms with van der Waals surface area (Å²) in [7, 11) is -4.44. The summed E-state index contributed by atoms with van der Waals surface area (Å²) in [5.74, 6) is -1.05. The highest BCUT2D eigenvalue weighted by Crippen LogP contribution is 2.43. The van der Waals surface area contributed by atoms with Crippen LogP contribution in [0.25, 0.3) is 0 Å². The third-order valence-electron chi connectivity index (χ3n) is 9.93. The largest absolute Gasteiger partial charge is 0.472 e. The fourth-order valence-electron chi connectivity index (χ4n) is 6.38. The number of hydrogen-bond acceptors (Lipinski definition) is 10. The van der Waals surface area contributed by atoms with Crippen LogP contribution in [-0.2, 0) is 32.7 Å². The molecule has 0 fully saturated rings. The van der Waals surface area contributed by atoms with Crippen LogP contribution in [0.1, 0.15) is 194 Å². The van der Waals surface area contributed by atoms with E-state index in [1.54, 1.807) is 18.2 Å². The summed E-state index contributed by atoms with van der Waals surface area (Å²) in [5, 5.41) is 20.2. The molecule has 0 aliphatic rings. The molecule has 0 aliphatic heterocycles. The van der Waals surface area contributed by atoms with E-state index in [1.165, 1.54) is 96.3 Å². The van der Waals surface area contributed by atoms with Crippen LogP contribution in [0.3, 0.4) is 0 Å². The predicted molar refractivity (Wildman–Crippen MR) is 241 cm³/mol. The summed E-state index contributed by atoms with van der Waals surface area (Å²) in [4.78, 5) is 34.9. The summed E-state index contributed by atoms with van der Waals surface area (Å²) in [5.41, 5.74) is 5.34. The van der Waals surface area contributed by atoms with Gasteiger partial charge in [0.15, 0.2) is 6.10 Å². The molecule has 0 saturated carbocycles. The molecule has 0 aromatic carbocycles. The molecule has 12 heteroatoms. The molecule has 1 unspecified atom stereocenters. The van der Waals surface area contributed by atoms with Crippen molar-refractivity contribution in [1.82, 2.24) is 0 Å². The van der Waals surface area contributed by atoms with Gasteiger partial charge in [0.25, 0.3) is 0 Å². The molecule has 4 atom stereocenters. The lowest BCUT2D eigenvalue weighted by atomic mass is 10.0. The molecule has 0 rings (SSSR count). The number of nitrogens with two attached hydrogens (primary N) is 1. The van der Waals surface area contributed by atoms with E-state index in [4.69, 9.17) is 24.3 Å². The van der Waals surface area contributed by atoms with Crippen molar-refractivity contribution in [2.45, 2.75) is 212 Å². The minimum absolute atomic E-state index is 0.0156. The van der Waals surface area contributed by atoms with E-state index >= 15 is 0 Å². The Labute approximate surface area is 359 Å². The number of rotatable bonds is 43. The number of hydrogen-bond donors (Lipinski definition) is 4. The number of phosphoric ester groups is 1. The highest BCUT2D eigenvalue weighted by molar-refractivity contribution is 7.47. The predicted octanol–water partition coefficient (Wildman–Crippen LogP) is 11.4. The van der Waals surface area contributed by atoms with Crippen molar-refractivity contribution in [3.8, 4) is 0 Å². The standard InChI is InChI=1S/C47H86NO10P/c1-3-5-7-8-9-10-11-12-13-14-15-16-17-18-19-20-24-27-31-37-46(51)55-41-45(42-57-59(53,54)56-40-39-48)58-47(52)38-32-36-44(50)35-30-26-23-21-22-25-29-34-43(49)33-28-6-4-2/h22-23,25-26,29-30,34-35,43-45,49-50H,3-21,24,27-28,31-33,36-42,48H2,1-2H3,(H,53,54)/b25-22-,26-23-,34-29+,35-30+/t43-,44-,45-/m1/s1. The average Bonchev–Trinajstić information content (AvgIpc) is 3.21. The van der Waals surface area contributed by atoms with Crippen LogP contribution in [-0.4, -0.2) is 71.7 Å².